The number of aliphatic imine (C=N–C) groups is 1. The minimum Gasteiger partial charge on any atom is -0.450 e. The van der Waals surface area contributed by atoms with E-state index < -0.39 is 0 Å². The van der Waals surface area contributed by atoms with Gasteiger partial charge in [-0.25, -0.2) is 4.79 Å². The van der Waals surface area contributed by atoms with Gasteiger partial charge in [0, 0.05) is 38.1 Å². The second-order valence-corrected chi connectivity index (χ2v) is 7.52. The maximum atomic E-state index is 12.1. The molecule has 3 N–H and O–H groups in total. The number of hydrogen-bond acceptors (Lipinski definition) is 4. The van der Waals surface area contributed by atoms with E-state index in [1.807, 2.05) is 13.8 Å². The van der Waals surface area contributed by atoms with Crippen molar-refractivity contribution in [3.63, 3.8) is 0 Å². The van der Waals surface area contributed by atoms with Gasteiger partial charge < -0.3 is 25.6 Å². The van der Waals surface area contributed by atoms with Crippen molar-refractivity contribution in [1.29, 1.82) is 0 Å². The highest BCUT2D eigenvalue weighted by Gasteiger charge is 2.24. The van der Waals surface area contributed by atoms with Crippen LogP contribution >= 0.6 is 0 Å². The molecule has 0 aromatic heterocycles. The minimum absolute atomic E-state index is 0.0919. The third-order valence-corrected chi connectivity index (χ3v) is 5.29. The van der Waals surface area contributed by atoms with Gasteiger partial charge in [0.2, 0.25) is 5.91 Å². The first-order valence-electron chi connectivity index (χ1n) is 10.9. The number of rotatable bonds is 7. The Kier molecular flexibility index (Phi) is 9.93. The van der Waals surface area contributed by atoms with Gasteiger partial charge in [-0.1, -0.05) is 19.3 Å². The van der Waals surface area contributed by atoms with Crippen molar-refractivity contribution in [3.8, 4) is 0 Å². The van der Waals surface area contributed by atoms with E-state index >= 15 is 0 Å². The van der Waals surface area contributed by atoms with Crippen molar-refractivity contribution in [2.45, 2.75) is 77.3 Å². The molecule has 0 aromatic carbocycles. The summed E-state index contributed by atoms with van der Waals surface area (Å²) in [6, 6.07) is 0.612. The van der Waals surface area contributed by atoms with Crippen LogP contribution in [0, 0.1) is 0 Å². The van der Waals surface area contributed by atoms with Crippen LogP contribution in [0.1, 0.15) is 65.2 Å². The van der Waals surface area contributed by atoms with Crippen LogP contribution in [0.3, 0.4) is 0 Å². The molecule has 0 spiro atoms. The van der Waals surface area contributed by atoms with Crippen molar-refractivity contribution in [2.75, 3.05) is 32.8 Å². The number of guanidine groups is 1. The van der Waals surface area contributed by atoms with Crippen molar-refractivity contribution in [1.82, 2.24) is 20.9 Å². The monoisotopic (exact) mass is 395 g/mol. The van der Waals surface area contributed by atoms with Crippen LogP contribution in [0.4, 0.5) is 4.79 Å². The molecule has 8 heteroatoms. The topological polar surface area (TPSA) is 95.1 Å². The van der Waals surface area contributed by atoms with Gasteiger partial charge in [0.05, 0.1) is 13.2 Å². The van der Waals surface area contributed by atoms with Gasteiger partial charge in [0.15, 0.2) is 5.96 Å². The molecule has 1 heterocycles. The summed E-state index contributed by atoms with van der Waals surface area (Å²) in [6.07, 6.45) is 7.80. The van der Waals surface area contributed by atoms with Gasteiger partial charge in [-0.2, -0.15) is 0 Å². The fraction of sp³-hybridized carbons (Fsp3) is 0.850. The molecule has 2 rings (SSSR count). The molecule has 0 atom stereocenters. The summed E-state index contributed by atoms with van der Waals surface area (Å²) in [5.74, 6) is 0.830. The summed E-state index contributed by atoms with van der Waals surface area (Å²) in [5, 5.41) is 9.81. The summed E-state index contributed by atoms with van der Waals surface area (Å²) >= 11 is 0. The first kappa shape index (κ1) is 22.3. The number of carbonyl (C=O) groups is 2. The molecule has 0 bridgehead atoms. The zero-order valence-electron chi connectivity index (χ0n) is 17.5. The van der Waals surface area contributed by atoms with Crippen LogP contribution in [-0.4, -0.2) is 67.7 Å². The third-order valence-electron chi connectivity index (χ3n) is 5.29. The lowest BCUT2D eigenvalue weighted by molar-refractivity contribution is -0.121. The Balaban J connectivity index is 1.71. The molecule has 0 unspecified atom stereocenters. The number of likely N-dealkylation sites (tertiary alicyclic amines) is 1. The average Bonchev–Trinajstić information content (AvgIpc) is 2.69. The molecule has 28 heavy (non-hydrogen) atoms. The Bertz CT molecular complexity index is 512. The highest BCUT2D eigenvalue weighted by atomic mass is 16.6. The number of hydrogen-bond donors (Lipinski definition) is 3. The van der Waals surface area contributed by atoms with E-state index in [0.29, 0.717) is 38.7 Å². The maximum absolute atomic E-state index is 12.1. The molecular weight excluding hydrogens is 358 g/mol. The molecule has 1 aliphatic carbocycles. The van der Waals surface area contributed by atoms with E-state index in [4.69, 9.17) is 4.74 Å². The summed E-state index contributed by atoms with van der Waals surface area (Å²) < 4.78 is 5.06. The predicted molar refractivity (Wildman–Crippen MR) is 110 cm³/mol. The Hall–Kier alpha value is -1.99. The maximum Gasteiger partial charge on any atom is 0.409 e. The van der Waals surface area contributed by atoms with Crippen molar-refractivity contribution < 1.29 is 14.3 Å². The largest absolute Gasteiger partial charge is 0.450 e. The van der Waals surface area contributed by atoms with Gasteiger partial charge in [-0.05, 0) is 39.5 Å². The summed E-state index contributed by atoms with van der Waals surface area (Å²) in [5.41, 5.74) is 0. The molecular formula is C20H37N5O3. The first-order chi connectivity index (χ1) is 13.6. The Morgan fingerprint density at radius 2 is 1.68 bits per heavy atom. The molecule has 8 nitrogen and oxygen atoms in total. The smallest absolute Gasteiger partial charge is 0.409 e. The molecule has 160 valence electrons. The van der Waals surface area contributed by atoms with Crippen LogP contribution in [0.2, 0.25) is 0 Å². The lowest BCUT2D eigenvalue weighted by atomic mass is 9.95. The number of carbonyl (C=O) groups excluding carboxylic acids is 2. The molecule has 2 aliphatic rings. The molecule has 0 aromatic rings. The van der Waals surface area contributed by atoms with E-state index in [0.717, 1.165) is 38.2 Å². The Labute approximate surface area is 168 Å². The van der Waals surface area contributed by atoms with E-state index in [2.05, 4.69) is 20.9 Å². The normalized spacial score (nSPS) is 19.2. The summed E-state index contributed by atoms with van der Waals surface area (Å²) in [7, 11) is 0. The Morgan fingerprint density at radius 3 is 2.32 bits per heavy atom. The highest BCUT2D eigenvalue weighted by molar-refractivity contribution is 5.81. The van der Waals surface area contributed by atoms with E-state index in [9.17, 15) is 9.59 Å². The number of nitrogens with one attached hydrogen (secondary N) is 3. The van der Waals surface area contributed by atoms with Gasteiger partial charge in [0.25, 0.3) is 0 Å². The lowest BCUT2D eigenvalue weighted by Crippen LogP contribution is -2.50. The fourth-order valence-corrected chi connectivity index (χ4v) is 3.75. The molecule has 1 aliphatic heterocycles. The minimum atomic E-state index is -0.231. The number of ether oxygens (including phenoxy) is 1. The average molecular weight is 396 g/mol. The molecule has 1 saturated carbocycles. The summed E-state index contributed by atoms with van der Waals surface area (Å²) in [6.45, 7) is 6.84. The first-order valence-corrected chi connectivity index (χ1v) is 10.9. The van der Waals surface area contributed by atoms with Crippen molar-refractivity contribution in [3.05, 3.63) is 0 Å². The van der Waals surface area contributed by atoms with Crippen LogP contribution in [0.15, 0.2) is 4.99 Å². The van der Waals surface area contributed by atoms with E-state index in [1.165, 1.54) is 19.3 Å². The number of nitrogens with zero attached hydrogens (tertiary/aromatic N) is 2. The molecule has 2 amide bonds. The van der Waals surface area contributed by atoms with Crippen LogP contribution in [0.25, 0.3) is 0 Å². The van der Waals surface area contributed by atoms with Gasteiger partial charge in [-0.3, -0.25) is 9.79 Å². The highest BCUT2D eigenvalue weighted by Crippen LogP contribution is 2.17. The van der Waals surface area contributed by atoms with E-state index in [1.54, 1.807) is 4.90 Å². The van der Waals surface area contributed by atoms with Crippen LogP contribution in [-0.2, 0) is 9.53 Å². The van der Waals surface area contributed by atoms with Crippen molar-refractivity contribution in [2.24, 2.45) is 4.99 Å². The van der Waals surface area contributed by atoms with Gasteiger partial charge in [0.1, 0.15) is 0 Å². The second kappa shape index (κ2) is 12.5. The van der Waals surface area contributed by atoms with Crippen molar-refractivity contribution >= 4 is 18.0 Å². The van der Waals surface area contributed by atoms with Gasteiger partial charge >= 0.3 is 6.09 Å². The zero-order valence-corrected chi connectivity index (χ0v) is 17.5. The summed E-state index contributed by atoms with van der Waals surface area (Å²) in [4.78, 5) is 30.2. The molecule has 2 fully saturated rings. The number of piperidine rings is 1. The number of amides is 2. The molecule has 1 saturated heterocycles. The van der Waals surface area contributed by atoms with E-state index in [-0.39, 0.29) is 18.0 Å². The third kappa shape index (κ3) is 7.94. The predicted octanol–water partition coefficient (Wildman–Crippen LogP) is 2.00. The van der Waals surface area contributed by atoms with Gasteiger partial charge in [-0.15, -0.1) is 0 Å². The SMILES string of the molecule is CCNC(=NCCC(=O)NC1CCCCC1)NC1CCN(C(=O)OCC)CC1. The molecule has 0 radical (unpaired) electrons. The standard InChI is InChI=1S/C20H37N5O3/c1-3-21-19(22-13-10-18(26)23-16-8-6-5-7-9-16)24-17-11-14-25(15-12-17)20(27)28-4-2/h16-17H,3-15H2,1-2H3,(H,23,26)(H2,21,22,24). The van der Waals surface area contributed by atoms with Crippen LogP contribution in [0.5, 0.6) is 0 Å². The quantitative estimate of drug-likeness (QED) is 0.453. The fourth-order valence-electron chi connectivity index (χ4n) is 3.75. The lowest BCUT2D eigenvalue weighted by Gasteiger charge is -2.32. The van der Waals surface area contributed by atoms with Crippen LogP contribution < -0.4 is 16.0 Å². The zero-order chi connectivity index (χ0) is 20.2. The Morgan fingerprint density at radius 1 is 1.00 bits per heavy atom. The second-order valence-electron chi connectivity index (χ2n) is 7.52.